The fourth-order valence-electron chi connectivity index (χ4n) is 2.45. The first-order valence-electron chi connectivity index (χ1n) is 5.35. The highest BCUT2D eigenvalue weighted by Gasteiger charge is 2.49. The molecule has 88 valence electrons. The Morgan fingerprint density at radius 2 is 1.81 bits per heavy atom. The van der Waals surface area contributed by atoms with Gasteiger partial charge in [-0.3, -0.25) is 0 Å². The molecule has 2 nitrogen and oxygen atoms in total. The molecule has 1 aromatic rings. The molecule has 0 spiro atoms. The average Bonchev–Trinajstić information content (AvgIpc) is 2.57. The summed E-state index contributed by atoms with van der Waals surface area (Å²) in [6, 6.07) is 6.40. The smallest absolute Gasteiger partial charge is 0.249 e. The molecule has 0 amide bonds. The molecule has 4 heteroatoms. The fraction of sp³-hybridized carbons (Fsp3) is 0.500. The topological polar surface area (TPSA) is 46.2 Å². The second-order valence-electron chi connectivity index (χ2n) is 4.56. The van der Waals surface area contributed by atoms with Gasteiger partial charge in [0, 0.05) is 24.8 Å². The van der Waals surface area contributed by atoms with Gasteiger partial charge in [0.05, 0.1) is 0 Å². The lowest BCUT2D eigenvalue weighted by atomic mass is 9.79. The lowest BCUT2D eigenvalue weighted by Crippen LogP contribution is -2.33. The molecule has 0 heterocycles. The SMILES string of the molecule is NCC1(c2ccc(O)cc2)CCC(F)(F)C1. The highest BCUT2D eigenvalue weighted by atomic mass is 19.3. The first-order valence-corrected chi connectivity index (χ1v) is 5.35. The zero-order chi connectivity index (χ0) is 11.8. The lowest BCUT2D eigenvalue weighted by Gasteiger charge is -2.28. The van der Waals surface area contributed by atoms with Crippen LogP contribution in [0, 0.1) is 0 Å². The molecule has 0 aromatic heterocycles. The number of phenolic OH excluding ortho intramolecular Hbond substituents is 1. The van der Waals surface area contributed by atoms with Crippen molar-refractivity contribution in [2.24, 2.45) is 5.73 Å². The van der Waals surface area contributed by atoms with Crippen LogP contribution in [0.5, 0.6) is 5.75 Å². The van der Waals surface area contributed by atoms with E-state index in [0.717, 1.165) is 5.56 Å². The van der Waals surface area contributed by atoms with E-state index < -0.39 is 11.3 Å². The maximum absolute atomic E-state index is 13.3. The summed E-state index contributed by atoms with van der Waals surface area (Å²) in [6.07, 6.45) is 0.105. The molecule has 1 aromatic carbocycles. The zero-order valence-electron chi connectivity index (χ0n) is 8.92. The largest absolute Gasteiger partial charge is 0.508 e. The van der Waals surface area contributed by atoms with Gasteiger partial charge in [0.15, 0.2) is 0 Å². The lowest BCUT2D eigenvalue weighted by molar-refractivity contribution is 0.00302. The van der Waals surface area contributed by atoms with Crippen LogP contribution in [-0.2, 0) is 5.41 Å². The summed E-state index contributed by atoms with van der Waals surface area (Å²) in [5, 5.41) is 9.18. The zero-order valence-corrected chi connectivity index (χ0v) is 8.92. The number of rotatable bonds is 2. The molecule has 0 radical (unpaired) electrons. The van der Waals surface area contributed by atoms with Crippen LogP contribution in [0.3, 0.4) is 0 Å². The summed E-state index contributed by atoms with van der Waals surface area (Å²) in [5.41, 5.74) is 5.83. The van der Waals surface area contributed by atoms with Crippen LogP contribution in [0.2, 0.25) is 0 Å². The van der Waals surface area contributed by atoms with E-state index >= 15 is 0 Å². The van der Waals surface area contributed by atoms with Gasteiger partial charge in [-0.2, -0.15) is 0 Å². The molecule has 0 bridgehead atoms. The van der Waals surface area contributed by atoms with Gasteiger partial charge in [-0.15, -0.1) is 0 Å². The molecule has 0 saturated heterocycles. The molecule has 1 unspecified atom stereocenters. The van der Waals surface area contributed by atoms with Crippen LogP contribution in [0.15, 0.2) is 24.3 Å². The van der Waals surface area contributed by atoms with Crippen molar-refractivity contribution in [2.45, 2.75) is 30.6 Å². The minimum absolute atomic E-state index is 0.106. The van der Waals surface area contributed by atoms with Crippen molar-refractivity contribution in [3.8, 4) is 5.75 Å². The second kappa shape index (κ2) is 3.70. The van der Waals surface area contributed by atoms with Crippen molar-refractivity contribution in [3.05, 3.63) is 29.8 Å². The molecular formula is C12H15F2NO. The Bertz CT molecular complexity index is 377. The van der Waals surface area contributed by atoms with Gasteiger partial charge < -0.3 is 10.8 Å². The van der Waals surface area contributed by atoms with Crippen LogP contribution < -0.4 is 5.73 Å². The first-order chi connectivity index (χ1) is 7.47. The van der Waals surface area contributed by atoms with Crippen molar-refractivity contribution >= 4 is 0 Å². The number of phenols is 1. The first kappa shape index (κ1) is 11.3. The van der Waals surface area contributed by atoms with Gasteiger partial charge in [0.2, 0.25) is 5.92 Å². The Kier molecular flexibility index (Phi) is 2.62. The monoisotopic (exact) mass is 227 g/mol. The number of nitrogens with two attached hydrogens (primary N) is 1. The van der Waals surface area contributed by atoms with Gasteiger partial charge in [-0.05, 0) is 24.1 Å². The summed E-state index contributed by atoms with van der Waals surface area (Å²) in [5.74, 6) is -2.47. The Morgan fingerprint density at radius 3 is 2.25 bits per heavy atom. The standard InChI is InChI=1S/C12H15F2NO/c13-12(14)6-5-11(7-12,8-15)9-1-3-10(16)4-2-9/h1-4,16H,5-8,15H2. The predicted molar refractivity (Wildman–Crippen MR) is 57.6 cm³/mol. The molecule has 1 saturated carbocycles. The van der Waals surface area contributed by atoms with Crippen molar-refractivity contribution in [3.63, 3.8) is 0 Å². The predicted octanol–water partition coefficient (Wildman–Crippen LogP) is 2.41. The fourth-order valence-corrected chi connectivity index (χ4v) is 2.45. The normalized spacial score (nSPS) is 28.2. The van der Waals surface area contributed by atoms with E-state index in [1.165, 1.54) is 12.1 Å². The quantitative estimate of drug-likeness (QED) is 0.815. The number of hydrogen-bond acceptors (Lipinski definition) is 2. The number of halogens is 2. The Balaban J connectivity index is 2.33. The van der Waals surface area contributed by atoms with Crippen LogP contribution in [0.4, 0.5) is 8.78 Å². The Labute approximate surface area is 93.1 Å². The molecule has 2 rings (SSSR count). The third-order valence-electron chi connectivity index (χ3n) is 3.44. The third-order valence-corrected chi connectivity index (χ3v) is 3.44. The van der Waals surface area contributed by atoms with Crippen LogP contribution in [0.25, 0.3) is 0 Å². The average molecular weight is 227 g/mol. The number of aromatic hydroxyl groups is 1. The molecule has 3 N–H and O–H groups in total. The number of benzene rings is 1. The van der Waals surface area contributed by atoms with Crippen LogP contribution in [-0.4, -0.2) is 17.6 Å². The Morgan fingerprint density at radius 1 is 1.19 bits per heavy atom. The van der Waals surface area contributed by atoms with Crippen molar-refractivity contribution in [2.75, 3.05) is 6.54 Å². The van der Waals surface area contributed by atoms with Gasteiger partial charge in [0.1, 0.15) is 5.75 Å². The highest BCUT2D eigenvalue weighted by Crippen LogP contribution is 2.48. The summed E-state index contributed by atoms with van der Waals surface area (Å²) >= 11 is 0. The van der Waals surface area contributed by atoms with E-state index in [-0.39, 0.29) is 25.1 Å². The molecule has 0 aliphatic heterocycles. The molecule has 1 aliphatic rings. The minimum atomic E-state index is -2.61. The van der Waals surface area contributed by atoms with E-state index in [9.17, 15) is 13.9 Å². The van der Waals surface area contributed by atoms with E-state index in [0.29, 0.717) is 6.42 Å². The van der Waals surface area contributed by atoms with Crippen LogP contribution >= 0.6 is 0 Å². The van der Waals surface area contributed by atoms with E-state index in [1.807, 2.05) is 0 Å². The summed E-state index contributed by atoms with van der Waals surface area (Å²) in [4.78, 5) is 0. The van der Waals surface area contributed by atoms with Crippen LogP contribution in [0.1, 0.15) is 24.8 Å². The van der Waals surface area contributed by atoms with Gasteiger partial charge in [-0.25, -0.2) is 8.78 Å². The minimum Gasteiger partial charge on any atom is -0.508 e. The number of hydrogen-bond donors (Lipinski definition) is 2. The van der Waals surface area contributed by atoms with Gasteiger partial charge in [0.25, 0.3) is 0 Å². The molecule has 1 aliphatic carbocycles. The highest BCUT2D eigenvalue weighted by molar-refractivity contribution is 5.33. The van der Waals surface area contributed by atoms with E-state index in [1.54, 1.807) is 12.1 Å². The second-order valence-corrected chi connectivity index (χ2v) is 4.56. The summed E-state index contributed by atoms with van der Waals surface area (Å²) in [6.45, 7) is 0.216. The van der Waals surface area contributed by atoms with E-state index in [2.05, 4.69) is 0 Å². The molecule has 1 atom stereocenters. The molecule has 16 heavy (non-hydrogen) atoms. The van der Waals surface area contributed by atoms with Crippen molar-refractivity contribution in [1.82, 2.24) is 0 Å². The molecular weight excluding hydrogens is 212 g/mol. The molecule has 1 fully saturated rings. The number of alkyl halides is 2. The van der Waals surface area contributed by atoms with Crippen molar-refractivity contribution < 1.29 is 13.9 Å². The Hall–Kier alpha value is -1.16. The third kappa shape index (κ3) is 1.89. The summed E-state index contributed by atoms with van der Waals surface area (Å²) in [7, 11) is 0. The maximum Gasteiger partial charge on any atom is 0.249 e. The van der Waals surface area contributed by atoms with Crippen molar-refractivity contribution in [1.29, 1.82) is 0 Å². The maximum atomic E-state index is 13.3. The summed E-state index contributed by atoms with van der Waals surface area (Å²) < 4.78 is 26.6. The van der Waals surface area contributed by atoms with Gasteiger partial charge >= 0.3 is 0 Å². The van der Waals surface area contributed by atoms with E-state index in [4.69, 9.17) is 5.73 Å². The van der Waals surface area contributed by atoms with Gasteiger partial charge in [-0.1, -0.05) is 12.1 Å².